The maximum absolute atomic E-state index is 14.7. The van der Waals surface area contributed by atoms with Crippen LogP contribution in [0.15, 0.2) is 97.3 Å². The highest BCUT2D eigenvalue weighted by atomic mass is 16.5. The Balaban J connectivity index is 0.574. The predicted octanol–water partition coefficient (Wildman–Crippen LogP) is 7.66. The Kier molecular flexibility index (Phi) is 16.7. The molecule has 22 nitrogen and oxygen atoms in total. The number of rotatable bonds is 19. The lowest BCUT2D eigenvalue weighted by atomic mass is 9.92. The number of nitrogens with one attached hydrogen (secondary N) is 5. The molecule has 4 aromatic heterocycles. The van der Waals surface area contributed by atoms with E-state index in [1.54, 1.807) is 12.4 Å². The molecular weight excluding hydrogens is 1130 g/mol. The molecule has 0 bridgehead atoms. The minimum Gasteiger partial charge on any atom is -0.381 e. The van der Waals surface area contributed by atoms with Gasteiger partial charge in [-0.1, -0.05) is 12.1 Å². The maximum Gasteiger partial charge on any atom is 0.274 e. The molecule has 472 valence electrons. The Hall–Kier alpha value is -7.60. The number of primary amides is 1. The molecule has 6 aliphatic heterocycles. The minimum absolute atomic E-state index is 0.0513. The molecule has 0 radical (unpaired) electrons. The normalized spacial score (nSPS) is 23.3. The van der Waals surface area contributed by atoms with E-state index in [0.717, 1.165) is 140 Å². The molecule has 9 aliphatic rings. The van der Waals surface area contributed by atoms with E-state index in [9.17, 15) is 9.59 Å². The highest BCUT2D eigenvalue weighted by molar-refractivity contribution is 5.99. The van der Waals surface area contributed by atoms with Crippen LogP contribution in [-0.2, 0) is 9.47 Å². The number of benzene rings is 2. The first-order valence-corrected chi connectivity index (χ1v) is 33.3. The van der Waals surface area contributed by atoms with Gasteiger partial charge in [-0.05, 0) is 150 Å². The highest BCUT2D eigenvalue weighted by Gasteiger charge is 2.53. The Morgan fingerprint density at radius 3 is 1.34 bits per heavy atom. The number of anilines is 8. The summed E-state index contributed by atoms with van der Waals surface area (Å²) in [5, 5.41) is 17.8. The summed E-state index contributed by atoms with van der Waals surface area (Å²) < 4.78 is 11.9. The predicted molar refractivity (Wildman–Crippen MR) is 350 cm³/mol. The molecule has 22 heteroatoms. The zero-order valence-electron chi connectivity index (χ0n) is 51.7. The van der Waals surface area contributed by atoms with Crippen LogP contribution in [0.3, 0.4) is 0 Å². The van der Waals surface area contributed by atoms with Gasteiger partial charge in [0.1, 0.15) is 11.4 Å². The van der Waals surface area contributed by atoms with E-state index in [1.165, 1.54) is 57.5 Å². The van der Waals surface area contributed by atoms with Crippen LogP contribution in [0.2, 0.25) is 0 Å². The first kappa shape index (κ1) is 58.8. The molecule has 15 rings (SSSR count). The van der Waals surface area contributed by atoms with Crippen LogP contribution in [0.1, 0.15) is 98.0 Å². The van der Waals surface area contributed by atoms with Crippen molar-refractivity contribution in [3.05, 3.63) is 109 Å². The minimum atomic E-state index is -0.674. The van der Waals surface area contributed by atoms with E-state index >= 15 is 0 Å². The van der Waals surface area contributed by atoms with Crippen LogP contribution in [0.25, 0.3) is 22.8 Å². The summed E-state index contributed by atoms with van der Waals surface area (Å²) in [4.78, 5) is 72.6. The zero-order chi connectivity index (χ0) is 60.6. The van der Waals surface area contributed by atoms with Gasteiger partial charge in [0.05, 0.1) is 31.3 Å². The fourth-order valence-electron chi connectivity index (χ4n) is 15.0. The SMILES string of the molecule is NC(=O)c1nc(-c2ccccn2)c(NC2CCOCC23CC3)nc1Nc1ccc(N2CCC(N3CCN(CNC(=O)c4nc(-c5ccccn5)c(NC5CCOCC56CC6)nc4Nc4ccc(N5CCC(N6CCN(C7CC7)CC6)CC5)cc4)CC3)CC2)cc1. The van der Waals surface area contributed by atoms with Crippen LogP contribution in [0.4, 0.5) is 46.0 Å². The number of nitrogens with two attached hydrogens (primary N) is 1. The molecule has 2 unspecified atom stereocenters. The molecule has 2 aromatic carbocycles. The zero-order valence-corrected chi connectivity index (χ0v) is 51.7. The van der Waals surface area contributed by atoms with E-state index in [1.807, 2.05) is 48.5 Å². The molecule has 10 heterocycles. The van der Waals surface area contributed by atoms with Crippen molar-refractivity contribution in [3.8, 4) is 22.8 Å². The van der Waals surface area contributed by atoms with Crippen LogP contribution < -0.4 is 42.1 Å². The summed E-state index contributed by atoms with van der Waals surface area (Å²) in [7, 11) is 0. The summed E-state index contributed by atoms with van der Waals surface area (Å²) in [6.45, 7) is 15.5. The molecule has 6 saturated heterocycles. The topological polar surface area (TPSA) is 236 Å². The fraction of sp³-hybridized carbons (Fsp3) is 0.529. The number of piperidine rings is 2. The van der Waals surface area contributed by atoms with Gasteiger partial charge in [0.15, 0.2) is 34.7 Å². The lowest BCUT2D eigenvalue weighted by Crippen LogP contribution is -2.54. The number of hydrogen-bond acceptors (Lipinski definition) is 20. The van der Waals surface area contributed by atoms with Crippen molar-refractivity contribution >= 4 is 57.8 Å². The Morgan fingerprint density at radius 2 is 0.922 bits per heavy atom. The Morgan fingerprint density at radius 1 is 0.489 bits per heavy atom. The van der Waals surface area contributed by atoms with E-state index in [-0.39, 0.29) is 40.2 Å². The lowest BCUT2D eigenvalue weighted by Gasteiger charge is -2.43. The van der Waals surface area contributed by atoms with E-state index in [0.29, 0.717) is 78.0 Å². The Bertz CT molecular complexity index is 3470. The van der Waals surface area contributed by atoms with Crippen molar-refractivity contribution in [2.75, 3.05) is 143 Å². The quantitative estimate of drug-likeness (QED) is 0.0457. The summed E-state index contributed by atoms with van der Waals surface area (Å²) >= 11 is 0. The first-order valence-electron chi connectivity index (χ1n) is 33.3. The second-order valence-electron chi connectivity index (χ2n) is 26.7. The van der Waals surface area contributed by atoms with Crippen molar-refractivity contribution in [1.29, 1.82) is 0 Å². The smallest absolute Gasteiger partial charge is 0.274 e. The van der Waals surface area contributed by atoms with Crippen molar-refractivity contribution in [2.24, 2.45) is 16.6 Å². The average molecular weight is 1220 g/mol. The van der Waals surface area contributed by atoms with Crippen LogP contribution in [-0.4, -0.2) is 203 Å². The first-order chi connectivity index (χ1) is 44.2. The van der Waals surface area contributed by atoms with Gasteiger partial charge in [-0.15, -0.1) is 0 Å². The van der Waals surface area contributed by atoms with Crippen LogP contribution in [0.5, 0.6) is 0 Å². The number of nitrogens with zero attached hydrogens (tertiary/aromatic N) is 12. The van der Waals surface area contributed by atoms with Gasteiger partial charge >= 0.3 is 0 Å². The lowest BCUT2D eigenvalue weighted by molar-refractivity contribution is 0.0350. The largest absolute Gasteiger partial charge is 0.381 e. The average Bonchev–Trinajstić information content (AvgIpc) is 1.85. The van der Waals surface area contributed by atoms with Gasteiger partial charge in [0.25, 0.3) is 11.8 Å². The molecule has 6 aromatic rings. The second-order valence-corrected chi connectivity index (χ2v) is 26.7. The molecule has 2 amide bonds. The molecule has 90 heavy (non-hydrogen) atoms. The Labute approximate surface area is 527 Å². The highest BCUT2D eigenvalue weighted by Crippen LogP contribution is 2.54. The van der Waals surface area contributed by atoms with E-state index in [4.69, 9.17) is 40.1 Å². The molecule has 9 fully saturated rings. The summed E-state index contributed by atoms with van der Waals surface area (Å²) in [5.41, 5.74) is 12.7. The summed E-state index contributed by atoms with van der Waals surface area (Å²) in [6, 6.07) is 30.6. The van der Waals surface area contributed by atoms with Crippen molar-refractivity contribution in [2.45, 2.75) is 107 Å². The van der Waals surface area contributed by atoms with Gasteiger partial charge in [-0.3, -0.25) is 39.2 Å². The number of pyridine rings is 2. The fourth-order valence-corrected chi connectivity index (χ4v) is 15.0. The number of ether oxygens (including phenoxy) is 2. The maximum atomic E-state index is 14.7. The number of amides is 2. The molecular formula is C68H86N18O4. The number of aromatic nitrogens is 6. The van der Waals surface area contributed by atoms with Crippen molar-refractivity contribution in [1.82, 2.24) is 54.8 Å². The number of piperazine rings is 2. The van der Waals surface area contributed by atoms with E-state index < -0.39 is 5.91 Å². The van der Waals surface area contributed by atoms with Gasteiger partial charge < -0.3 is 51.6 Å². The molecule has 2 spiro atoms. The molecule has 3 saturated carbocycles. The summed E-state index contributed by atoms with van der Waals surface area (Å²) in [5.74, 6) is 0.915. The van der Waals surface area contributed by atoms with Crippen molar-refractivity contribution < 1.29 is 19.1 Å². The third kappa shape index (κ3) is 12.9. The van der Waals surface area contributed by atoms with Gasteiger partial charge in [0, 0.05) is 168 Å². The number of carbonyl (C=O) groups is 2. The molecule has 3 aliphatic carbocycles. The standard InChI is InChI=1S/C68H86N18O4/c69-61(87)59-64(79-62(57(77-59)53-5-1-3-27-70-53)75-55-21-41-89-43-67(55)23-24-67)73-46-7-11-48(12-8-46)82-29-17-51(18-30-82)84-35-33-81(34-36-84)45-72-66(88)60-65(80-63(58(78-60)54-6-2-4-28-71-54)76-56-22-42-90-44-68(56)25-26-68)74-47-9-13-49(14-10-47)83-31-19-52(20-32-83)86-39-37-85(38-40-86)50-15-16-50/h1-14,27-28,50-52,55-56H,15-26,29-45H2,(H2,69,87)(H,72,88)(H2,73,75,79)(H2,74,76,80). The monoisotopic (exact) mass is 1220 g/mol. The number of hydrogen-bond donors (Lipinski definition) is 6. The van der Waals surface area contributed by atoms with Gasteiger partial charge in [0.2, 0.25) is 0 Å². The van der Waals surface area contributed by atoms with Gasteiger partial charge in [-0.2, -0.15) is 0 Å². The number of carbonyl (C=O) groups excluding carboxylic acids is 2. The van der Waals surface area contributed by atoms with Gasteiger partial charge in [-0.25, -0.2) is 19.9 Å². The van der Waals surface area contributed by atoms with Crippen LogP contribution >= 0.6 is 0 Å². The summed E-state index contributed by atoms with van der Waals surface area (Å²) in [6.07, 6.45) is 16.8. The third-order valence-electron chi connectivity index (χ3n) is 21.1. The van der Waals surface area contributed by atoms with E-state index in [2.05, 4.69) is 97.4 Å². The molecule has 2 atom stereocenters. The third-order valence-corrected chi connectivity index (χ3v) is 21.1. The molecule has 7 N–H and O–H groups in total. The second kappa shape index (κ2) is 25.6. The van der Waals surface area contributed by atoms with Crippen LogP contribution in [0, 0.1) is 10.8 Å². The van der Waals surface area contributed by atoms with Crippen molar-refractivity contribution in [3.63, 3.8) is 0 Å².